The first-order valence-electron chi connectivity index (χ1n) is 10.2. The number of aromatic nitrogens is 3. The molecule has 0 unspecified atom stereocenters. The maximum atomic E-state index is 12.9. The summed E-state index contributed by atoms with van der Waals surface area (Å²) in [6.45, 7) is 2.74. The Kier molecular flexibility index (Phi) is 6.92. The van der Waals surface area contributed by atoms with Gasteiger partial charge < -0.3 is 9.32 Å². The van der Waals surface area contributed by atoms with E-state index in [0.29, 0.717) is 35.5 Å². The highest BCUT2D eigenvalue weighted by Gasteiger charge is 2.34. The molecule has 0 radical (unpaired) electrons. The van der Waals surface area contributed by atoms with Crippen LogP contribution in [0.3, 0.4) is 0 Å². The molecule has 1 aliphatic heterocycles. The van der Waals surface area contributed by atoms with Crippen LogP contribution < -0.4 is 0 Å². The quantitative estimate of drug-likeness (QED) is 0.443. The summed E-state index contributed by atoms with van der Waals surface area (Å²) >= 11 is 7.30. The minimum absolute atomic E-state index is 0.0344. The monoisotopic (exact) mass is 494 g/mol. The van der Waals surface area contributed by atoms with Crippen LogP contribution in [-0.4, -0.2) is 63.8 Å². The lowest BCUT2D eigenvalue weighted by molar-refractivity contribution is -0.129. The molecule has 0 bridgehead atoms. The Balaban J connectivity index is 1.53. The Bertz CT molecular complexity index is 1180. The average molecular weight is 495 g/mol. The van der Waals surface area contributed by atoms with Crippen molar-refractivity contribution in [2.45, 2.75) is 31.1 Å². The molecule has 1 amide bonds. The van der Waals surface area contributed by atoms with Crippen LogP contribution in [0.25, 0.3) is 11.4 Å². The zero-order valence-electron chi connectivity index (χ0n) is 17.5. The molecule has 1 atom stereocenters. The number of nitrogens with zero attached hydrogens (tertiary/aromatic N) is 4. The summed E-state index contributed by atoms with van der Waals surface area (Å²) in [5.74, 6) is 1.58. The number of sulfone groups is 1. The van der Waals surface area contributed by atoms with E-state index >= 15 is 0 Å². The molecule has 8 nitrogen and oxygen atoms in total. The van der Waals surface area contributed by atoms with Crippen molar-refractivity contribution in [1.29, 1.82) is 0 Å². The van der Waals surface area contributed by atoms with Gasteiger partial charge in [0.05, 0.1) is 30.1 Å². The van der Waals surface area contributed by atoms with Crippen LogP contribution in [0, 0.1) is 0 Å². The van der Waals surface area contributed by atoms with Crippen LogP contribution in [0.1, 0.15) is 19.1 Å². The zero-order valence-corrected chi connectivity index (χ0v) is 19.9. The predicted octanol–water partition coefficient (Wildman–Crippen LogP) is 3.37. The van der Waals surface area contributed by atoms with Gasteiger partial charge in [0.2, 0.25) is 5.91 Å². The Morgan fingerprint density at radius 1 is 1.28 bits per heavy atom. The standard InChI is InChI=1S/C21H23ClN4O4S2/c1-2-25(17-9-11-32(28,29)14-17)19(27)13-31-21-24-23-20(15-5-7-16(22)8-6-15)26(21)12-18-4-3-10-30-18/h3-8,10,17H,2,9,11-14H2,1H3/t17-/m0/s1. The van der Waals surface area contributed by atoms with Crippen LogP contribution >= 0.6 is 23.4 Å². The lowest BCUT2D eigenvalue weighted by Gasteiger charge is -2.26. The largest absolute Gasteiger partial charge is 0.467 e. The lowest BCUT2D eigenvalue weighted by Crippen LogP contribution is -2.42. The summed E-state index contributed by atoms with van der Waals surface area (Å²) in [6.07, 6.45) is 2.09. The average Bonchev–Trinajstić information content (AvgIpc) is 3.49. The number of amides is 1. The lowest BCUT2D eigenvalue weighted by atomic mass is 10.2. The Morgan fingerprint density at radius 2 is 2.06 bits per heavy atom. The van der Waals surface area contributed by atoms with Crippen molar-refractivity contribution in [2.24, 2.45) is 0 Å². The van der Waals surface area contributed by atoms with Crippen molar-refractivity contribution in [3.63, 3.8) is 0 Å². The molecule has 1 saturated heterocycles. The number of hydrogen-bond donors (Lipinski definition) is 0. The molecule has 1 aliphatic rings. The number of carbonyl (C=O) groups is 1. The number of thioether (sulfide) groups is 1. The molecule has 0 spiro atoms. The molecule has 3 aromatic rings. The van der Waals surface area contributed by atoms with Gasteiger partial charge in [-0.15, -0.1) is 10.2 Å². The molecule has 11 heteroatoms. The molecule has 32 heavy (non-hydrogen) atoms. The van der Waals surface area contributed by atoms with Crippen molar-refractivity contribution >= 4 is 39.1 Å². The van der Waals surface area contributed by atoms with Gasteiger partial charge in [0, 0.05) is 23.2 Å². The topological polar surface area (TPSA) is 98.3 Å². The summed E-state index contributed by atoms with van der Waals surface area (Å²) in [5, 5.41) is 9.85. The van der Waals surface area contributed by atoms with Crippen molar-refractivity contribution in [3.05, 3.63) is 53.4 Å². The maximum absolute atomic E-state index is 12.9. The SMILES string of the molecule is CCN(C(=O)CSc1nnc(-c2ccc(Cl)cc2)n1Cc1ccco1)[C@H]1CCS(=O)(=O)C1. The number of carbonyl (C=O) groups excluding carboxylic acids is 1. The number of hydrogen-bond acceptors (Lipinski definition) is 7. The smallest absolute Gasteiger partial charge is 0.233 e. The number of furan rings is 1. The van der Waals surface area contributed by atoms with Crippen molar-refractivity contribution < 1.29 is 17.6 Å². The van der Waals surface area contributed by atoms with E-state index < -0.39 is 9.84 Å². The van der Waals surface area contributed by atoms with Gasteiger partial charge >= 0.3 is 0 Å². The highest BCUT2D eigenvalue weighted by Crippen LogP contribution is 2.27. The van der Waals surface area contributed by atoms with E-state index in [0.717, 1.165) is 11.3 Å². The molecular weight excluding hydrogens is 472 g/mol. The molecule has 3 heterocycles. The van der Waals surface area contributed by atoms with Crippen LogP contribution in [0.5, 0.6) is 0 Å². The van der Waals surface area contributed by atoms with Gasteiger partial charge in [-0.25, -0.2) is 8.42 Å². The fourth-order valence-electron chi connectivity index (χ4n) is 3.78. The third kappa shape index (κ3) is 5.19. The Labute approximate surface area is 195 Å². The fourth-order valence-corrected chi connectivity index (χ4v) is 6.46. The predicted molar refractivity (Wildman–Crippen MR) is 123 cm³/mol. The fraction of sp³-hybridized carbons (Fsp3) is 0.381. The van der Waals surface area contributed by atoms with E-state index in [9.17, 15) is 13.2 Å². The van der Waals surface area contributed by atoms with Gasteiger partial charge in [0.1, 0.15) is 5.76 Å². The first kappa shape index (κ1) is 22.9. The second kappa shape index (κ2) is 9.68. The third-order valence-corrected chi connectivity index (χ3v) is 8.30. The van der Waals surface area contributed by atoms with Gasteiger partial charge in [0.15, 0.2) is 20.8 Å². The second-order valence-electron chi connectivity index (χ2n) is 7.50. The van der Waals surface area contributed by atoms with E-state index in [2.05, 4.69) is 10.2 Å². The van der Waals surface area contributed by atoms with Crippen molar-refractivity contribution in [3.8, 4) is 11.4 Å². The molecule has 1 fully saturated rings. The highest BCUT2D eigenvalue weighted by atomic mass is 35.5. The number of benzene rings is 1. The first-order valence-corrected chi connectivity index (χ1v) is 13.4. The molecule has 0 saturated carbocycles. The van der Waals surface area contributed by atoms with E-state index in [1.165, 1.54) is 11.8 Å². The van der Waals surface area contributed by atoms with Crippen molar-refractivity contribution in [1.82, 2.24) is 19.7 Å². The Hall–Kier alpha value is -2.30. The van der Waals surface area contributed by atoms with Gasteiger partial charge in [-0.05, 0) is 49.7 Å². The maximum Gasteiger partial charge on any atom is 0.233 e. The third-order valence-electron chi connectivity index (χ3n) is 5.35. The van der Waals surface area contributed by atoms with Gasteiger partial charge in [-0.1, -0.05) is 23.4 Å². The number of rotatable bonds is 8. The molecule has 4 rings (SSSR count). The van der Waals surface area contributed by atoms with Crippen LogP contribution in [-0.2, 0) is 21.2 Å². The number of halogens is 1. The Morgan fingerprint density at radius 3 is 2.69 bits per heavy atom. The summed E-state index contributed by atoms with van der Waals surface area (Å²) in [5.41, 5.74) is 0.845. The summed E-state index contributed by atoms with van der Waals surface area (Å²) in [7, 11) is -3.06. The zero-order chi connectivity index (χ0) is 22.7. The normalized spacial score (nSPS) is 17.5. The molecule has 1 aromatic carbocycles. The molecule has 0 N–H and O–H groups in total. The first-order chi connectivity index (χ1) is 15.4. The van der Waals surface area contributed by atoms with E-state index in [-0.39, 0.29) is 29.2 Å². The van der Waals surface area contributed by atoms with Gasteiger partial charge in [0.25, 0.3) is 0 Å². The van der Waals surface area contributed by atoms with E-state index in [1.807, 2.05) is 35.8 Å². The highest BCUT2D eigenvalue weighted by molar-refractivity contribution is 7.99. The molecule has 0 aliphatic carbocycles. The minimum atomic E-state index is -3.06. The van der Waals surface area contributed by atoms with E-state index in [4.69, 9.17) is 16.0 Å². The molecule has 2 aromatic heterocycles. The van der Waals surface area contributed by atoms with Crippen LogP contribution in [0.4, 0.5) is 0 Å². The molecule has 170 valence electrons. The van der Waals surface area contributed by atoms with Gasteiger partial charge in [-0.3, -0.25) is 9.36 Å². The molecular formula is C21H23ClN4O4S2. The van der Waals surface area contributed by atoms with E-state index in [1.54, 1.807) is 23.3 Å². The van der Waals surface area contributed by atoms with Crippen molar-refractivity contribution in [2.75, 3.05) is 23.8 Å². The summed E-state index contributed by atoms with van der Waals surface area (Å²) in [6, 6.07) is 10.7. The van der Waals surface area contributed by atoms with Crippen LogP contribution in [0.15, 0.2) is 52.2 Å². The van der Waals surface area contributed by atoms with Crippen LogP contribution in [0.2, 0.25) is 5.02 Å². The summed E-state index contributed by atoms with van der Waals surface area (Å²) in [4.78, 5) is 14.6. The minimum Gasteiger partial charge on any atom is -0.467 e. The van der Waals surface area contributed by atoms with Gasteiger partial charge in [-0.2, -0.15) is 0 Å². The second-order valence-corrected chi connectivity index (χ2v) is 11.1. The summed E-state index contributed by atoms with van der Waals surface area (Å²) < 4.78 is 31.1.